The van der Waals surface area contributed by atoms with Gasteiger partial charge >= 0.3 is 0 Å². The summed E-state index contributed by atoms with van der Waals surface area (Å²) >= 11 is 2.12. The molecule has 17 heavy (non-hydrogen) atoms. The van der Waals surface area contributed by atoms with Crippen molar-refractivity contribution in [3.05, 3.63) is 0 Å². The van der Waals surface area contributed by atoms with Gasteiger partial charge in [0.25, 0.3) is 0 Å². The Morgan fingerprint density at radius 2 is 1.82 bits per heavy atom. The first-order valence-electron chi connectivity index (χ1n) is 7.66. The molecule has 0 saturated heterocycles. The second kappa shape index (κ2) is 10.3. The van der Waals surface area contributed by atoms with E-state index in [1.54, 1.807) is 0 Å². The fourth-order valence-corrected chi connectivity index (χ4v) is 3.71. The largest absolute Gasteiger partial charge is 0.316 e. The highest BCUT2D eigenvalue weighted by Gasteiger charge is 2.22. The third kappa shape index (κ3) is 6.71. The molecule has 1 fully saturated rings. The van der Waals surface area contributed by atoms with Crippen LogP contribution >= 0.6 is 11.8 Å². The minimum absolute atomic E-state index is 0.960. The highest BCUT2D eigenvalue weighted by atomic mass is 32.2. The maximum Gasteiger partial charge on any atom is -0.00179 e. The zero-order valence-corrected chi connectivity index (χ0v) is 12.7. The van der Waals surface area contributed by atoms with Gasteiger partial charge in [0.2, 0.25) is 0 Å². The van der Waals surface area contributed by atoms with Crippen LogP contribution in [0.1, 0.15) is 58.8 Å². The fraction of sp³-hybridized carbons (Fsp3) is 1.00. The highest BCUT2D eigenvalue weighted by Crippen LogP contribution is 2.31. The van der Waals surface area contributed by atoms with Crippen molar-refractivity contribution in [2.45, 2.75) is 58.8 Å². The van der Waals surface area contributed by atoms with E-state index in [0.717, 1.165) is 11.8 Å². The summed E-state index contributed by atoms with van der Waals surface area (Å²) in [5.41, 5.74) is 0. The lowest BCUT2D eigenvalue weighted by molar-refractivity contribution is 0.294. The summed E-state index contributed by atoms with van der Waals surface area (Å²) in [5, 5.41) is 3.65. The van der Waals surface area contributed by atoms with E-state index < -0.39 is 0 Å². The number of hydrogen-bond acceptors (Lipinski definition) is 2. The van der Waals surface area contributed by atoms with Crippen molar-refractivity contribution in [1.82, 2.24) is 5.32 Å². The van der Waals surface area contributed by atoms with Gasteiger partial charge in [-0.3, -0.25) is 0 Å². The molecule has 2 heteroatoms. The van der Waals surface area contributed by atoms with Crippen molar-refractivity contribution in [1.29, 1.82) is 0 Å². The Balaban J connectivity index is 2.30. The summed E-state index contributed by atoms with van der Waals surface area (Å²) in [4.78, 5) is 0. The van der Waals surface area contributed by atoms with Gasteiger partial charge in [-0.15, -0.1) is 0 Å². The van der Waals surface area contributed by atoms with Crippen molar-refractivity contribution in [2.75, 3.05) is 24.6 Å². The molecule has 0 heterocycles. The minimum Gasteiger partial charge on any atom is -0.316 e. The summed E-state index contributed by atoms with van der Waals surface area (Å²) in [6, 6.07) is 0. The van der Waals surface area contributed by atoms with Crippen molar-refractivity contribution in [3.63, 3.8) is 0 Å². The first-order valence-corrected chi connectivity index (χ1v) is 8.82. The van der Waals surface area contributed by atoms with Gasteiger partial charge < -0.3 is 5.32 Å². The molecule has 1 N–H and O–H groups in total. The SMILES string of the molecule is CCCNCC1CCCCCC1CCSCC. The quantitative estimate of drug-likeness (QED) is 0.513. The van der Waals surface area contributed by atoms with Crippen molar-refractivity contribution in [2.24, 2.45) is 11.8 Å². The van der Waals surface area contributed by atoms with Gasteiger partial charge in [0, 0.05) is 0 Å². The summed E-state index contributed by atoms with van der Waals surface area (Å²) in [7, 11) is 0. The van der Waals surface area contributed by atoms with Crippen LogP contribution in [0.3, 0.4) is 0 Å². The summed E-state index contributed by atoms with van der Waals surface area (Å²) in [6.45, 7) is 7.01. The molecule has 2 atom stereocenters. The Morgan fingerprint density at radius 1 is 1.06 bits per heavy atom. The number of nitrogens with one attached hydrogen (secondary N) is 1. The molecular formula is C15H31NS. The van der Waals surface area contributed by atoms with Gasteiger partial charge in [0.1, 0.15) is 0 Å². The lowest BCUT2D eigenvalue weighted by Crippen LogP contribution is -2.28. The Hall–Kier alpha value is 0.310. The molecule has 102 valence electrons. The van der Waals surface area contributed by atoms with Crippen LogP contribution in [0.4, 0.5) is 0 Å². The molecule has 0 amide bonds. The van der Waals surface area contributed by atoms with Gasteiger partial charge in [-0.1, -0.05) is 39.5 Å². The third-order valence-electron chi connectivity index (χ3n) is 3.99. The summed E-state index contributed by atoms with van der Waals surface area (Å²) < 4.78 is 0. The Bertz CT molecular complexity index is 154. The number of rotatable bonds is 8. The normalized spacial score (nSPS) is 25.8. The molecular weight excluding hydrogens is 226 g/mol. The van der Waals surface area contributed by atoms with E-state index in [9.17, 15) is 0 Å². The molecule has 0 aliphatic heterocycles. The van der Waals surface area contributed by atoms with Crippen LogP contribution < -0.4 is 5.32 Å². The van der Waals surface area contributed by atoms with Crippen LogP contribution in [-0.2, 0) is 0 Å². The molecule has 0 aromatic rings. The summed E-state index contributed by atoms with van der Waals surface area (Å²) in [6.07, 6.45) is 10.1. The van der Waals surface area contributed by atoms with Gasteiger partial charge in [-0.2, -0.15) is 11.8 Å². The second-order valence-electron chi connectivity index (χ2n) is 5.35. The molecule has 0 radical (unpaired) electrons. The molecule has 2 unspecified atom stereocenters. The molecule has 1 aliphatic rings. The molecule has 1 saturated carbocycles. The topological polar surface area (TPSA) is 12.0 Å². The molecule has 0 aromatic carbocycles. The molecule has 0 bridgehead atoms. The average molecular weight is 257 g/mol. The molecule has 1 nitrogen and oxygen atoms in total. The average Bonchev–Trinajstić information content (AvgIpc) is 2.56. The maximum atomic E-state index is 3.65. The predicted octanol–water partition coefficient (Wildman–Crippen LogP) is 4.33. The smallest absolute Gasteiger partial charge is 0.00179 e. The van der Waals surface area contributed by atoms with Crippen molar-refractivity contribution < 1.29 is 0 Å². The zero-order valence-electron chi connectivity index (χ0n) is 11.8. The fourth-order valence-electron chi connectivity index (χ4n) is 2.95. The zero-order chi connectivity index (χ0) is 12.3. The molecule has 1 rings (SSSR count). The van der Waals surface area contributed by atoms with E-state index in [1.807, 2.05) is 0 Å². The Kier molecular flexibility index (Phi) is 9.27. The van der Waals surface area contributed by atoms with Gasteiger partial charge in [-0.25, -0.2) is 0 Å². The molecule has 0 spiro atoms. The van der Waals surface area contributed by atoms with Gasteiger partial charge in [-0.05, 0) is 55.7 Å². The summed E-state index contributed by atoms with van der Waals surface area (Å²) in [5.74, 6) is 4.62. The van der Waals surface area contributed by atoms with E-state index in [1.165, 1.54) is 69.5 Å². The van der Waals surface area contributed by atoms with Crippen LogP contribution in [0.15, 0.2) is 0 Å². The number of thioether (sulfide) groups is 1. The maximum absolute atomic E-state index is 3.65. The number of hydrogen-bond donors (Lipinski definition) is 1. The van der Waals surface area contributed by atoms with E-state index in [0.29, 0.717) is 0 Å². The predicted molar refractivity (Wildman–Crippen MR) is 80.8 cm³/mol. The standard InChI is InChI=1S/C15H31NS/c1-3-11-16-13-15-9-7-5-6-8-14(15)10-12-17-4-2/h14-16H,3-13H2,1-2H3. The van der Waals surface area contributed by atoms with Crippen LogP contribution in [0.2, 0.25) is 0 Å². The lowest BCUT2D eigenvalue weighted by Gasteiger charge is -2.25. The first-order chi connectivity index (χ1) is 8.38. The Labute approximate surface area is 113 Å². The van der Waals surface area contributed by atoms with Crippen molar-refractivity contribution >= 4 is 11.8 Å². The van der Waals surface area contributed by atoms with E-state index in [2.05, 4.69) is 30.9 Å². The van der Waals surface area contributed by atoms with Gasteiger partial charge in [0.05, 0.1) is 0 Å². The molecule has 1 aliphatic carbocycles. The highest BCUT2D eigenvalue weighted by molar-refractivity contribution is 7.99. The van der Waals surface area contributed by atoms with Crippen LogP contribution in [0.5, 0.6) is 0 Å². The van der Waals surface area contributed by atoms with Crippen LogP contribution in [0, 0.1) is 11.8 Å². The van der Waals surface area contributed by atoms with E-state index in [4.69, 9.17) is 0 Å². The van der Waals surface area contributed by atoms with E-state index >= 15 is 0 Å². The monoisotopic (exact) mass is 257 g/mol. The van der Waals surface area contributed by atoms with Crippen LogP contribution in [-0.4, -0.2) is 24.6 Å². The first kappa shape index (κ1) is 15.4. The lowest BCUT2D eigenvalue weighted by atomic mass is 9.86. The van der Waals surface area contributed by atoms with E-state index in [-0.39, 0.29) is 0 Å². The molecule has 0 aromatic heterocycles. The van der Waals surface area contributed by atoms with Crippen molar-refractivity contribution in [3.8, 4) is 0 Å². The van der Waals surface area contributed by atoms with Gasteiger partial charge in [0.15, 0.2) is 0 Å². The minimum atomic E-state index is 0.960. The Morgan fingerprint density at radius 3 is 2.53 bits per heavy atom. The third-order valence-corrected chi connectivity index (χ3v) is 4.92. The van der Waals surface area contributed by atoms with Crippen LogP contribution in [0.25, 0.3) is 0 Å². The second-order valence-corrected chi connectivity index (χ2v) is 6.74.